The molecule has 1 atom stereocenters. The first-order valence-corrected chi connectivity index (χ1v) is 9.85. The average Bonchev–Trinajstić information content (AvgIpc) is 3.39. The molecule has 1 saturated carbocycles. The van der Waals surface area contributed by atoms with Crippen LogP contribution in [0.5, 0.6) is 0 Å². The van der Waals surface area contributed by atoms with E-state index < -0.39 is 5.91 Å². The van der Waals surface area contributed by atoms with Gasteiger partial charge in [-0.25, -0.2) is 4.98 Å². The predicted molar refractivity (Wildman–Crippen MR) is 111 cm³/mol. The number of rotatable bonds is 8. The van der Waals surface area contributed by atoms with E-state index >= 15 is 0 Å². The van der Waals surface area contributed by atoms with Gasteiger partial charge in [0.05, 0.1) is 18.2 Å². The summed E-state index contributed by atoms with van der Waals surface area (Å²) in [6.45, 7) is 0.910. The van der Waals surface area contributed by atoms with Crippen LogP contribution in [0.25, 0.3) is 0 Å². The molecule has 1 aromatic heterocycles. The molecule has 0 unspecified atom stereocenters. The average molecular weight is 395 g/mol. The van der Waals surface area contributed by atoms with E-state index in [9.17, 15) is 9.59 Å². The van der Waals surface area contributed by atoms with Crippen LogP contribution in [0.1, 0.15) is 36.0 Å². The van der Waals surface area contributed by atoms with Crippen molar-refractivity contribution in [2.45, 2.75) is 37.8 Å². The molecule has 0 spiro atoms. The molecule has 2 heterocycles. The Morgan fingerprint density at radius 3 is 2.59 bits per heavy atom. The zero-order chi connectivity index (χ0) is 20.4. The number of nitrogens with two attached hydrogens (primary N) is 2. The standard InChI is InChI=1S/C20H25N7O2/c21-10-17(28)16-2-1-9-27(16)14-7-5-13(6-8-14)25-20-23-11-15(18(22)29)19(26-20)24-12-3-4-12/h5-8,11-12,16H,1-4,9-10,21H2,(H2,22,29)(H2,23,24,25,26)/t16-/m0/s1. The maximum absolute atomic E-state index is 12.1. The Morgan fingerprint density at radius 2 is 1.93 bits per heavy atom. The maximum Gasteiger partial charge on any atom is 0.254 e. The highest BCUT2D eigenvalue weighted by Crippen LogP contribution is 2.29. The van der Waals surface area contributed by atoms with Crippen molar-refractivity contribution in [3.05, 3.63) is 36.0 Å². The number of Topliss-reactive ketones (excluding diaryl/α,β-unsaturated/α-hetero) is 1. The molecule has 9 heteroatoms. The predicted octanol–water partition coefficient (Wildman–Crippen LogP) is 1.39. The molecule has 2 aromatic rings. The molecule has 1 aliphatic heterocycles. The smallest absolute Gasteiger partial charge is 0.254 e. The summed E-state index contributed by atoms with van der Waals surface area (Å²) in [6, 6.07) is 7.95. The topological polar surface area (TPSA) is 139 Å². The molecular weight excluding hydrogens is 370 g/mol. The van der Waals surface area contributed by atoms with E-state index in [4.69, 9.17) is 11.5 Å². The minimum absolute atomic E-state index is 0.0661. The molecule has 1 aromatic carbocycles. The Kier molecular flexibility index (Phi) is 5.30. The number of hydrogen-bond donors (Lipinski definition) is 4. The lowest BCUT2D eigenvalue weighted by molar-refractivity contribution is -0.118. The summed E-state index contributed by atoms with van der Waals surface area (Å²) in [5, 5.41) is 6.37. The second kappa shape index (κ2) is 8.04. The van der Waals surface area contributed by atoms with Crippen LogP contribution in [-0.2, 0) is 4.79 Å². The first-order valence-electron chi connectivity index (χ1n) is 9.85. The summed E-state index contributed by atoms with van der Waals surface area (Å²) in [6.07, 6.45) is 5.36. The van der Waals surface area contributed by atoms with Crippen molar-refractivity contribution in [1.29, 1.82) is 0 Å². The molecule has 152 valence electrons. The van der Waals surface area contributed by atoms with Crippen molar-refractivity contribution in [3.8, 4) is 0 Å². The lowest BCUT2D eigenvalue weighted by Crippen LogP contribution is -2.39. The Bertz CT molecular complexity index is 912. The van der Waals surface area contributed by atoms with Gasteiger partial charge in [-0.15, -0.1) is 0 Å². The Hall–Kier alpha value is -3.20. The van der Waals surface area contributed by atoms with Crippen LogP contribution in [0.2, 0.25) is 0 Å². The van der Waals surface area contributed by atoms with E-state index in [1.54, 1.807) is 0 Å². The van der Waals surface area contributed by atoms with Crippen LogP contribution < -0.4 is 27.0 Å². The van der Waals surface area contributed by atoms with Gasteiger partial charge in [0.15, 0.2) is 5.78 Å². The zero-order valence-corrected chi connectivity index (χ0v) is 16.1. The van der Waals surface area contributed by atoms with Crippen molar-refractivity contribution in [1.82, 2.24) is 9.97 Å². The van der Waals surface area contributed by atoms with Gasteiger partial charge in [-0.1, -0.05) is 0 Å². The van der Waals surface area contributed by atoms with E-state index in [-0.39, 0.29) is 23.9 Å². The van der Waals surface area contributed by atoms with E-state index in [1.807, 2.05) is 24.3 Å². The Labute approximate surface area is 168 Å². The van der Waals surface area contributed by atoms with Gasteiger partial charge >= 0.3 is 0 Å². The number of nitrogens with one attached hydrogen (secondary N) is 2. The van der Waals surface area contributed by atoms with Gasteiger partial charge in [-0.2, -0.15) is 4.98 Å². The zero-order valence-electron chi connectivity index (χ0n) is 16.1. The number of carbonyl (C=O) groups is 2. The normalized spacial score (nSPS) is 18.5. The molecule has 6 N–H and O–H groups in total. The lowest BCUT2D eigenvalue weighted by Gasteiger charge is -2.25. The van der Waals surface area contributed by atoms with Crippen LogP contribution in [0, 0.1) is 0 Å². The quantitative estimate of drug-likeness (QED) is 0.526. The molecule has 1 aliphatic carbocycles. The van der Waals surface area contributed by atoms with Crippen molar-refractivity contribution in [2.24, 2.45) is 11.5 Å². The van der Waals surface area contributed by atoms with E-state index in [0.29, 0.717) is 17.8 Å². The summed E-state index contributed by atoms with van der Waals surface area (Å²) in [4.78, 5) is 34.4. The number of anilines is 4. The molecule has 2 aliphatic rings. The first-order chi connectivity index (χ1) is 14.0. The fourth-order valence-electron chi connectivity index (χ4n) is 3.57. The van der Waals surface area contributed by atoms with Crippen molar-refractivity contribution >= 4 is 34.8 Å². The number of aromatic nitrogens is 2. The Morgan fingerprint density at radius 1 is 1.17 bits per heavy atom. The van der Waals surface area contributed by atoms with Gasteiger partial charge in [-0.3, -0.25) is 9.59 Å². The highest BCUT2D eigenvalue weighted by molar-refractivity contribution is 5.97. The number of primary amides is 1. The van der Waals surface area contributed by atoms with Crippen LogP contribution in [-0.4, -0.2) is 46.8 Å². The number of ketones is 1. The largest absolute Gasteiger partial charge is 0.367 e. The Balaban J connectivity index is 1.48. The summed E-state index contributed by atoms with van der Waals surface area (Å²) in [5.41, 5.74) is 13.0. The molecule has 0 bridgehead atoms. The third-order valence-electron chi connectivity index (χ3n) is 5.25. The molecule has 1 amide bonds. The molecule has 0 radical (unpaired) electrons. The van der Waals surface area contributed by atoms with E-state index in [2.05, 4.69) is 25.5 Å². The lowest BCUT2D eigenvalue weighted by atomic mass is 10.1. The number of carbonyl (C=O) groups excluding carboxylic acids is 2. The second-order valence-electron chi connectivity index (χ2n) is 7.43. The number of nitrogens with zero attached hydrogens (tertiary/aromatic N) is 3. The molecule has 29 heavy (non-hydrogen) atoms. The van der Waals surface area contributed by atoms with E-state index in [1.165, 1.54) is 6.20 Å². The van der Waals surface area contributed by atoms with Gasteiger partial charge in [-0.05, 0) is 49.9 Å². The highest BCUT2D eigenvalue weighted by atomic mass is 16.1. The monoisotopic (exact) mass is 395 g/mol. The summed E-state index contributed by atoms with van der Waals surface area (Å²) in [5.74, 6) is 0.345. The summed E-state index contributed by atoms with van der Waals surface area (Å²) >= 11 is 0. The maximum atomic E-state index is 12.1. The molecule has 9 nitrogen and oxygen atoms in total. The second-order valence-corrected chi connectivity index (χ2v) is 7.43. The van der Waals surface area contributed by atoms with Gasteiger partial charge in [0.25, 0.3) is 5.91 Å². The third-order valence-corrected chi connectivity index (χ3v) is 5.25. The number of hydrogen-bond acceptors (Lipinski definition) is 8. The van der Waals surface area contributed by atoms with Gasteiger partial charge < -0.3 is 27.0 Å². The molecule has 4 rings (SSSR count). The SMILES string of the molecule is NCC(=O)[C@@H]1CCCN1c1ccc(Nc2ncc(C(N)=O)c(NC3CC3)n2)cc1. The summed E-state index contributed by atoms with van der Waals surface area (Å²) in [7, 11) is 0. The van der Waals surface area contributed by atoms with Gasteiger partial charge in [0.2, 0.25) is 5.95 Å². The highest BCUT2D eigenvalue weighted by Gasteiger charge is 2.29. The van der Waals surface area contributed by atoms with Crippen molar-refractivity contribution in [3.63, 3.8) is 0 Å². The van der Waals surface area contributed by atoms with Crippen molar-refractivity contribution < 1.29 is 9.59 Å². The summed E-state index contributed by atoms with van der Waals surface area (Å²) < 4.78 is 0. The van der Waals surface area contributed by atoms with Crippen molar-refractivity contribution in [2.75, 3.05) is 28.6 Å². The molecular formula is C20H25N7O2. The fourth-order valence-corrected chi connectivity index (χ4v) is 3.57. The minimum Gasteiger partial charge on any atom is -0.367 e. The van der Waals surface area contributed by atoms with Crippen LogP contribution in [0.4, 0.5) is 23.1 Å². The van der Waals surface area contributed by atoms with Crippen LogP contribution >= 0.6 is 0 Å². The number of amides is 1. The van der Waals surface area contributed by atoms with E-state index in [0.717, 1.165) is 43.6 Å². The number of benzene rings is 1. The van der Waals surface area contributed by atoms with Gasteiger partial charge in [0.1, 0.15) is 5.82 Å². The van der Waals surface area contributed by atoms with Crippen LogP contribution in [0.15, 0.2) is 30.5 Å². The third kappa shape index (κ3) is 4.29. The molecule has 2 fully saturated rings. The fraction of sp³-hybridized carbons (Fsp3) is 0.400. The van der Waals surface area contributed by atoms with Gasteiger partial charge in [0, 0.05) is 30.2 Å². The first kappa shape index (κ1) is 19.1. The molecule has 1 saturated heterocycles. The minimum atomic E-state index is -0.559. The van der Waals surface area contributed by atoms with Crippen LogP contribution in [0.3, 0.4) is 0 Å².